The summed E-state index contributed by atoms with van der Waals surface area (Å²) >= 11 is 0. The van der Waals surface area contributed by atoms with Gasteiger partial charge in [-0.1, -0.05) is 0 Å². The van der Waals surface area contributed by atoms with Crippen molar-refractivity contribution in [3.8, 4) is 11.5 Å². The normalized spacial score (nSPS) is 11.3. The van der Waals surface area contributed by atoms with E-state index in [9.17, 15) is 8.42 Å². The average Bonchev–Trinajstić information content (AvgIpc) is 2.20. The van der Waals surface area contributed by atoms with Gasteiger partial charge in [0.05, 0.1) is 14.2 Å². The number of ether oxygens (including phenoxy) is 2. The van der Waals surface area contributed by atoms with Crippen LogP contribution in [0.4, 0.5) is 0 Å². The van der Waals surface area contributed by atoms with E-state index in [4.69, 9.17) is 20.2 Å². The van der Waals surface area contributed by atoms with Gasteiger partial charge in [0.25, 0.3) is 9.05 Å². The second kappa shape index (κ2) is 4.51. The third kappa shape index (κ3) is 2.25. The molecule has 0 heterocycles. The van der Waals surface area contributed by atoms with Gasteiger partial charge in [0, 0.05) is 16.7 Å². The van der Waals surface area contributed by atoms with Crippen LogP contribution in [0.3, 0.4) is 0 Å². The third-order valence-corrected chi connectivity index (χ3v) is 3.77. The molecule has 1 rings (SSSR count). The van der Waals surface area contributed by atoms with Gasteiger partial charge in [0.15, 0.2) is 0 Å². The van der Waals surface area contributed by atoms with Gasteiger partial charge in [-0.05, 0) is 25.0 Å². The Hall–Kier alpha value is -0.940. The highest BCUT2D eigenvalue weighted by Gasteiger charge is 2.22. The zero-order valence-electron chi connectivity index (χ0n) is 9.50. The number of hydrogen-bond acceptors (Lipinski definition) is 4. The molecule has 0 bridgehead atoms. The van der Waals surface area contributed by atoms with E-state index in [2.05, 4.69) is 0 Å². The molecule has 0 N–H and O–H groups in total. The lowest BCUT2D eigenvalue weighted by molar-refractivity contribution is 0.387. The zero-order valence-corrected chi connectivity index (χ0v) is 11.1. The lowest BCUT2D eigenvalue weighted by Gasteiger charge is -2.14. The second-order valence-electron chi connectivity index (χ2n) is 3.30. The first-order chi connectivity index (χ1) is 7.32. The molecule has 0 aliphatic heterocycles. The topological polar surface area (TPSA) is 52.6 Å². The van der Waals surface area contributed by atoms with Crippen LogP contribution in [0.25, 0.3) is 0 Å². The molecule has 0 aromatic heterocycles. The summed E-state index contributed by atoms with van der Waals surface area (Å²) in [5, 5.41) is 0. The van der Waals surface area contributed by atoms with Gasteiger partial charge in [-0.15, -0.1) is 0 Å². The van der Waals surface area contributed by atoms with E-state index in [1.807, 2.05) is 6.92 Å². The maximum atomic E-state index is 11.4. The smallest absolute Gasteiger partial charge is 0.265 e. The summed E-state index contributed by atoms with van der Waals surface area (Å²) in [6.07, 6.45) is 0. The van der Waals surface area contributed by atoms with Crippen LogP contribution in [0.5, 0.6) is 11.5 Å². The standard InChI is InChI=1S/C10H13ClO4S/c1-6-7(2)10(15-4)9(16(11,12)13)5-8(6)14-3/h5H,1-4H3. The molecule has 4 nitrogen and oxygen atoms in total. The van der Waals surface area contributed by atoms with Crippen LogP contribution in [0.1, 0.15) is 11.1 Å². The molecule has 0 saturated heterocycles. The largest absolute Gasteiger partial charge is 0.496 e. The van der Waals surface area contributed by atoms with Crippen LogP contribution in [0, 0.1) is 13.8 Å². The molecular formula is C10H13ClO4S. The SMILES string of the molecule is COc1cc(S(=O)(=O)Cl)c(OC)c(C)c1C. The van der Waals surface area contributed by atoms with Crippen LogP contribution in [-0.2, 0) is 9.05 Å². The van der Waals surface area contributed by atoms with Crippen molar-refractivity contribution in [2.75, 3.05) is 14.2 Å². The van der Waals surface area contributed by atoms with Gasteiger partial charge >= 0.3 is 0 Å². The summed E-state index contributed by atoms with van der Waals surface area (Å²) in [5.41, 5.74) is 1.52. The molecule has 6 heteroatoms. The molecule has 0 amide bonds. The molecule has 0 aliphatic rings. The van der Waals surface area contributed by atoms with Crippen molar-refractivity contribution in [2.45, 2.75) is 18.7 Å². The molecule has 1 aromatic rings. The van der Waals surface area contributed by atoms with E-state index >= 15 is 0 Å². The Morgan fingerprint density at radius 3 is 2.06 bits per heavy atom. The third-order valence-electron chi connectivity index (χ3n) is 2.45. The van der Waals surface area contributed by atoms with Crippen molar-refractivity contribution in [1.29, 1.82) is 0 Å². The first-order valence-corrected chi connectivity index (χ1v) is 6.80. The van der Waals surface area contributed by atoms with Crippen molar-refractivity contribution >= 4 is 19.7 Å². The van der Waals surface area contributed by atoms with Crippen molar-refractivity contribution in [1.82, 2.24) is 0 Å². The quantitative estimate of drug-likeness (QED) is 0.786. The molecule has 0 radical (unpaired) electrons. The Bertz CT molecular complexity index is 508. The van der Waals surface area contributed by atoms with Crippen molar-refractivity contribution in [2.24, 2.45) is 0 Å². The van der Waals surface area contributed by atoms with E-state index in [1.54, 1.807) is 6.92 Å². The first-order valence-electron chi connectivity index (χ1n) is 4.49. The highest BCUT2D eigenvalue weighted by molar-refractivity contribution is 8.13. The van der Waals surface area contributed by atoms with E-state index in [0.717, 1.165) is 5.56 Å². The number of rotatable bonds is 3. The Labute approximate surface area is 99.6 Å². The van der Waals surface area contributed by atoms with Gasteiger partial charge in [0.1, 0.15) is 16.4 Å². The lowest BCUT2D eigenvalue weighted by atomic mass is 10.1. The van der Waals surface area contributed by atoms with E-state index in [1.165, 1.54) is 20.3 Å². The summed E-state index contributed by atoms with van der Waals surface area (Å²) in [6.45, 7) is 3.57. The molecule has 0 saturated carbocycles. The fourth-order valence-electron chi connectivity index (χ4n) is 1.48. The maximum Gasteiger partial charge on any atom is 0.265 e. The molecule has 16 heavy (non-hydrogen) atoms. The molecule has 0 fully saturated rings. The Kier molecular flexibility index (Phi) is 3.70. The van der Waals surface area contributed by atoms with E-state index in [0.29, 0.717) is 11.3 Å². The van der Waals surface area contributed by atoms with Crippen molar-refractivity contribution < 1.29 is 17.9 Å². The van der Waals surface area contributed by atoms with Crippen LogP contribution in [-0.4, -0.2) is 22.6 Å². The molecular weight excluding hydrogens is 252 g/mol. The second-order valence-corrected chi connectivity index (χ2v) is 5.83. The van der Waals surface area contributed by atoms with Gasteiger partial charge in [-0.25, -0.2) is 8.42 Å². The summed E-state index contributed by atoms with van der Waals surface area (Å²) in [4.78, 5) is -0.0726. The highest BCUT2D eigenvalue weighted by atomic mass is 35.7. The summed E-state index contributed by atoms with van der Waals surface area (Å²) < 4.78 is 32.9. The highest BCUT2D eigenvalue weighted by Crippen LogP contribution is 2.37. The molecule has 0 atom stereocenters. The number of methoxy groups -OCH3 is 2. The number of halogens is 1. The summed E-state index contributed by atoms with van der Waals surface area (Å²) in [7, 11) is 4.36. The average molecular weight is 265 g/mol. The van der Waals surface area contributed by atoms with Crippen LogP contribution in [0.15, 0.2) is 11.0 Å². The summed E-state index contributed by atoms with van der Waals surface area (Å²) in [5.74, 6) is 0.728. The molecule has 1 aromatic carbocycles. The first kappa shape index (κ1) is 13.1. The van der Waals surface area contributed by atoms with E-state index < -0.39 is 9.05 Å². The Morgan fingerprint density at radius 2 is 1.69 bits per heavy atom. The predicted octanol–water partition coefficient (Wildman–Crippen LogP) is 2.25. The van der Waals surface area contributed by atoms with Gasteiger partial charge < -0.3 is 9.47 Å². The van der Waals surface area contributed by atoms with E-state index in [-0.39, 0.29) is 10.6 Å². The minimum atomic E-state index is -3.85. The molecule has 0 unspecified atom stereocenters. The monoisotopic (exact) mass is 264 g/mol. The predicted molar refractivity (Wildman–Crippen MR) is 62.1 cm³/mol. The minimum absolute atomic E-state index is 0.0726. The van der Waals surface area contributed by atoms with Gasteiger partial charge in [0.2, 0.25) is 0 Å². The number of benzene rings is 1. The van der Waals surface area contributed by atoms with Crippen LogP contribution < -0.4 is 9.47 Å². The maximum absolute atomic E-state index is 11.4. The Morgan fingerprint density at radius 1 is 1.12 bits per heavy atom. The van der Waals surface area contributed by atoms with Crippen LogP contribution >= 0.6 is 10.7 Å². The zero-order chi connectivity index (χ0) is 12.5. The van der Waals surface area contributed by atoms with Crippen molar-refractivity contribution in [3.05, 3.63) is 17.2 Å². The lowest BCUT2D eigenvalue weighted by Crippen LogP contribution is -2.02. The van der Waals surface area contributed by atoms with Gasteiger partial charge in [-0.2, -0.15) is 0 Å². The fourth-order valence-corrected chi connectivity index (χ4v) is 2.53. The Balaban J connectivity index is 3.67. The minimum Gasteiger partial charge on any atom is -0.496 e. The molecule has 0 spiro atoms. The van der Waals surface area contributed by atoms with Gasteiger partial charge in [-0.3, -0.25) is 0 Å². The molecule has 0 aliphatic carbocycles. The summed E-state index contributed by atoms with van der Waals surface area (Å²) in [6, 6.07) is 1.36. The van der Waals surface area contributed by atoms with Crippen LogP contribution in [0.2, 0.25) is 0 Å². The van der Waals surface area contributed by atoms with Crippen molar-refractivity contribution in [3.63, 3.8) is 0 Å². The fraction of sp³-hybridized carbons (Fsp3) is 0.400. The molecule has 90 valence electrons. The number of hydrogen-bond donors (Lipinski definition) is 0.